The molecule has 1 aromatic carbocycles. The number of hydrogen-bond acceptors (Lipinski definition) is 4. The van der Waals surface area contributed by atoms with Crippen molar-refractivity contribution in [3.05, 3.63) is 48.0 Å². The van der Waals surface area contributed by atoms with Crippen molar-refractivity contribution in [2.24, 2.45) is 5.92 Å². The van der Waals surface area contributed by atoms with Gasteiger partial charge >= 0.3 is 0 Å². The van der Waals surface area contributed by atoms with E-state index in [0.717, 1.165) is 0 Å². The number of nitrogens with one attached hydrogen (secondary N) is 2. The summed E-state index contributed by atoms with van der Waals surface area (Å²) in [5.41, 5.74) is 1.41. The first-order valence-electron chi connectivity index (χ1n) is 8.38. The number of pyridine rings is 1. The summed E-state index contributed by atoms with van der Waals surface area (Å²) >= 11 is 0. The Hall–Kier alpha value is -3.21. The molecule has 1 aliphatic rings. The van der Waals surface area contributed by atoms with Crippen LogP contribution in [0, 0.1) is 23.1 Å². The van der Waals surface area contributed by atoms with E-state index in [2.05, 4.69) is 15.3 Å². The van der Waals surface area contributed by atoms with Gasteiger partial charge in [-0.2, -0.15) is 5.26 Å². The van der Waals surface area contributed by atoms with Crippen LogP contribution in [0.4, 0.5) is 24.7 Å². The third kappa shape index (κ3) is 3.67. The maximum absolute atomic E-state index is 13.5. The number of anilines is 2. The zero-order valence-electron chi connectivity index (χ0n) is 14.1. The van der Waals surface area contributed by atoms with Crippen molar-refractivity contribution in [3.63, 3.8) is 0 Å². The summed E-state index contributed by atoms with van der Waals surface area (Å²) in [6.07, 6.45) is 0.918. The Morgan fingerprint density at radius 3 is 2.85 bits per heavy atom. The maximum Gasteiger partial charge on any atom is 0.248 e. The minimum absolute atomic E-state index is 0.140. The van der Waals surface area contributed by atoms with E-state index in [1.807, 2.05) is 6.07 Å². The molecule has 0 spiro atoms. The molecule has 0 unspecified atom stereocenters. The van der Waals surface area contributed by atoms with Crippen LogP contribution in [0.2, 0.25) is 0 Å². The molecule has 138 valence electrons. The van der Waals surface area contributed by atoms with E-state index in [9.17, 15) is 13.2 Å². The highest BCUT2D eigenvalue weighted by Gasteiger charge is 2.45. The Bertz CT molecular complexity index is 1030. The lowest BCUT2D eigenvalue weighted by Crippen LogP contribution is -2.38. The molecule has 2 heterocycles. The molecule has 2 N–H and O–H groups in total. The Kier molecular flexibility index (Phi) is 4.15. The average molecular weight is 372 g/mol. The first-order valence-corrected chi connectivity index (χ1v) is 8.38. The third-order valence-corrected chi connectivity index (χ3v) is 4.48. The van der Waals surface area contributed by atoms with E-state index in [1.165, 1.54) is 12.3 Å². The zero-order valence-corrected chi connectivity index (χ0v) is 14.1. The Labute approximate surface area is 152 Å². The molecule has 0 aliphatic heterocycles. The molecule has 4 rings (SSSR count). The van der Waals surface area contributed by atoms with Gasteiger partial charge in [-0.05, 0) is 18.2 Å². The van der Waals surface area contributed by atoms with Crippen LogP contribution in [-0.2, 0) is 0 Å². The summed E-state index contributed by atoms with van der Waals surface area (Å²) in [5.74, 6) is -2.37. The lowest BCUT2D eigenvalue weighted by atomic mass is 9.82. The summed E-state index contributed by atoms with van der Waals surface area (Å²) in [5, 5.41) is 12.7. The van der Waals surface area contributed by atoms with Gasteiger partial charge in [0.05, 0.1) is 12.1 Å². The highest BCUT2D eigenvalue weighted by Crippen LogP contribution is 2.42. The smallest absolute Gasteiger partial charge is 0.248 e. The molecule has 0 saturated heterocycles. The molecular formula is C19H15F3N4O. The standard InChI is InChI=1S/C19H15F3N4O/c20-16-9-24-17-4-12(1-2-15(16)17)25-18-5-14(3-13(8-23)26-18)27-10-11-6-19(21,22)7-11/h1-5,9,11,24H,6-7,10H2,(H,25,26). The number of alkyl halides is 2. The lowest BCUT2D eigenvalue weighted by molar-refractivity contribution is -0.119. The van der Waals surface area contributed by atoms with E-state index < -0.39 is 5.92 Å². The topological polar surface area (TPSA) is 73.7 Å². The van der Waals surface area contributed by atoms with Crippen LogP contribution in [0.5, 0.6) is 5.75 Å². The predicted molar refractivity (Wildman–Crippen MR) is 93.7 cm³/mol. The minimum Gasteiger partial charge on any atom is -0.493 e. The molecular weight excluding hydrogens is 357 g/mol. The molecule has 0 radical (unpaired) electrons. The monoisotopic (exact) mass is 372 g/mol. The number of rotatable bonds is 5. The minimum atomic E-state index is -2.59. The number of nitrogens with zero attached hydrogens (tertiary/aromatic N) is 2. The van der Waals surface area contributed by atoms with Crippen LogP contribution in [0.3, 0.4) is 0 Å². The molecule has 27 heavy (non-hydrogen) atoms. The fourth-order valence-electron chi connectivity index (χ4n) is 3.14. The van der Waals surface area contributed by atoms with Gasteiger partial charge in [-0.15, -0.1) is 0 Å². The van der Waals surface area contributed by atoms with Crippen molar-refractivity contribution in [3.8, 4) is 11.8 Å². The van der Waals surface area contributed by atoms with Crippen molar-refractivity contribution < 1.29 is 17.9 Å². The molecule has 0 bridgehead atoms. The summed E-state index contributed by atoms with van der Waals surface area (Å²) in [6.45, 7) is 0.164. The first-order chi connectivity index (χ1) is 12.9. The van der Waals surface area contributed by atoms with Crippen molar-refractivity contribution in [1.82, 2.24) is 9.97 Å². The van der Waals surface area contributed by atoms with Gasteiger partial charge in [0, 0.05) is 48.2 Å². The number of aromatic nitrogens is 2. The zero-order chi connectivity index (χ0) is 19.0. The second kappa shape index (κ2) is 6.50. The van der Waals surface area contributed by atoms with Gasteiger partial charge in [0.2, 0.25) is 5.92 Å². The largest absolute Gasteiger partial charge is 0.493 e. The summed E-state index contributed by atoms with van der Waals surface area (Å²) < 4.78 is 44.9. The van der Waals surface area contributed by atoms with E-state index in [-0.39, 0.29) is 36.9 Å². The van der Waals surface area contributed by atoms with E-state index in [1.54, 1.807) is 24.3 Å². The van der Waals surface area contributed by atoms with Gasteiger partial charge in [0.15, 0.2) is 0 Å². The van der Waals surface area contributed by atoms with E-state index in [4.69, 9.17) is 10.00 Å². The number of nitriles is 1. The quantitative estimate of drug-likeness (QED) is 0.678. The number of ether oxygens (including phenoxy) is 1. The van der Waals surface area contributed by atoms with Crippen LogP contribution < -0.4 is 10.1 Å². The van der Waals surface area contributed by atoms with E-state index >= 15 is 0 Å². The van der Waals surface area contributed by atoms with Gasteiger partial charge in [-0.3, -0.25) is 0 Å². The number of halogens is 3. The van der Waals surface area contributed by atoms with Gasteiger partial charge in [-0.25, -0.2) is 18.2 Å². The highest BCUT2D eigenvalue weighted by atomic mass is 19.3. The summed E-state index contributed by atoms with van der Waals surface area (Å²) in [7, 11) is 0. The maximum atomic E-state index is 13.5. The highest BCUT2D eigenvalue weighted by molar-refractivity contribution is 5.84. The predicted octanol–water partition coefficient (Wildman–Crippen LogP) is 4.74. The second-order valence-corrected chi connectivity index (χ2v) is 6.65. The molecule has 0 atom stereocenters. The number of H-pyrrole nitrogens is 1. The second-order valence-electron chi connectivity index (χ2n) is 6.65. The Morgan fingerprint density at radius 1 is 1.30 bits per heavy atom. The first kappa shape index (κ1) is 17.2. The Balaban J connectivity index is 1.50. The van der Waals surface area contributed by atoms with Crippen molar-refractivity contribution in [2.75, 3.05) is 11.9 Å². The molecule has 0 amide bonds. The average Bonchev–Trinajstić information content (AvgIpc) is 2.98. The molecule has 3 aromatic rings. The number of fused-ring (bicyclic) bond motifs is 1. The Morgan fingerprint density at radius 2 is 2.11 bits per heavy atom. The fraction of sp³-hybridized carbons (Fsp3) is 0.263. The van der Waals surface area contributed by atoms with E-state index in [0.29, 0.717) is 28.2 Å². The van der Waals surface area contributed by atoms with Crippen molar-refractivity contribution in [1.29, 1.82) is 5.26 Å². The number of hydrogen-bond donors (Lipinski definition) is 2. The number of benzene rings is 1. The van der Waals surface area contributed by atoms with Crippen LogP contribution in [0.25, 0.3) is 10.9 Å². The van der Waals surface area contributed by atoms with Crippen LogP contribution in [0.15, 0.2) is 36.5 Å². The van der Waals surface area contributed by atoms with Gasteiger partial charge in [-0.1, -0.05) is 0 Å². The summed E-state index contributed by atoms with van der Waals surface area (Å²) in [6, 6.07) is 10.0. The molecule has 2 aromatic heterocycles. The molecule has 8 heteroatoms. The fourth-order valence-corrected chi connectivity index (χ4v) is 3.14. The SMILES string of the molecule is N#Cc1cc(OCC2CC(F)(F)C2)cc(Nc2ccc3c(F)c[nH]c3c2)n1. The van der Waals surface area contributed by atoms with Gasteiger partial charge in [0.25, 0.3) is 0 Å². The lowest BCUT2D eigenvalue weighted by Gasteiger charge is -2.34. The normalized spacial score (nSPS) is 15.9. The summed E-state index contributed by atoms with van der Waals surface area (Å²) in [4.78, 5) is 6.99. The molecule has 5 nitrogen and oxygen atoms in total. The van der Waals surface area contributed by atoms with Crippen LogP contribution in [-0.4, -0.2) is 22.5 Å². The third-order valence-electron chi connectivity index (χ3n) is 4.48. The van der Waals surface area contributed by atoms with Crippen LogP contribution in [0.1, 0.15) is 18.5 Å². The van der Waals surface area contributed by atoms with Crippen LogP contribution >= 0.6 is 0 Å². The van der Waals surface area contributed by atoms with Crippen molar-refractivity contribution >= 4 is 22.4 Å². The molecule has 1 saturated carbocycles. The number of aromatic amines is 1. The van der Waals surface area contributed by atoms with Gasteiger partial charge < -0.3 is 15.0 Å². The molecule has 1 aliphatic carbocycles. The van der Waals surface area contributed by atoms with Crippen molar-refractivity contribution in [2.45, 2.75) is 18.8 Å². The van der Waals surface area contributed by atoms with Gasteiger partial charge in [0.1, 0.15) is 29.1 Å². The molecule has 1 fully saturated rings.